The Balaban J connectivity index is 1.17. The van der Waals surface area contributed by atoms with Crippen LogP contribution in [-0.2, 0) is 19.1 Å². The third kappa shape index (κ3) is 5.92. The molecule has 0 spiro atoms. The summed E-state index contributed by atoms with van der Waals surface area (Å²) in [6.07, 6.45) is 0.641. The van der Waals surface area contributed by atoms with Crippen molar-refractivity contribution >= 4 is 58.3 Å². The van der Waals surface area contributed by atoms with Crippen molar-refractivity contribution in [2.45, 2.75) is 23.6 Å². The SMILES string of the molecule is O=C(COC(=O)c1cccc(N2C(=O)[C@H]3C[C@@H](Cl)[C@@H](Cl)C[C@H]3C2=O)c1)Nc1ccc(Oc2ccccc2)cc1. The first-order valence-corrected chi connectivity index (χ1v) is 13.2. The van der Waals surface area contributed by atoms with Gasteiger partial charge in [0, 0.05) is 5.69 Å². The van der Waals surface area contributed by atoms with Crippen molar-refractivity contribution < 1.29 is 28.7 Å². The van der Waals surface area contributed by atoms with Crippen LogP contribution in [0.5, 0.6) is 11.5 Å². The molecule has 10 heteroatoms. The average Bonchev–Trinajstić information content (AvgIpc) is 3.17. The molecule has 2 fully saturated rings. The van der Waals surface area contributed by atoms with Crippen molar-refractivity contribution in [1.29, 1.82) is 0 Å². The number of halogens is 2. The van der Waals surface area contributed by atoms with Gasteiger partial charge in [-0.05, 0) is 67.4 Å². The lowest BCUT2D eigenvalue weighted by Crippen LogP contribution is -2.34. The van der Waals surface area contributed by atoms with Crippen LogP contribution in [0.3, 0.4) is 0 Å². The van der Waals surface area contributed by atoms with Crippen LogP contribution in [0.1, 0.15) is 23.2 Å². The fraction of sp³-hybridized carbons (Fsp3) is 0.241. The van der Waals surface area contributed by atoms with E-state index in [0.29, 0.717) is 30.0 Å². The Bertz CT molecular complexity index is 1370. The van der Waals surface area contributed by atoms with E-state index in [0.717, 1.165) is 4.90 Å². The molecule has 2 aliphatic rings. The number of nitrogens with zero attached hydrogens (tertiary/aromatic N) is 1. The number of esters is 1. The summed E-state index contributed by atoms with van der Waals surface area (Å²) in [5, 5.41) is 1.87. The first-order valence-electron chi connectivity index (χ1n) is 12.4. The first kappa shape index (κ1) is 26.7. The van der Waals surface area contributed by atoms with Crippen LogP contribution in [0.15, 0.2) is 78.9 Å². The molecule has 1 aliphatic heterocycles. The van der Waals surface area contributed by atoms with E-state index in [2.05, 4.69) is 5.32 Å². The zero-order valence-corrected chi connectivity index (χ0v) is 22.1. The molecule has 39 heavy (non-hydrogen) atoms. The molecular formula is C29H24Cl2N2O6. The Morgan fingerprint density at radius 1 is 0.821 bits per heavy atom. The van der Waals surface area contributed by atoms with Crippen molar-refractivity contribution in [3.8, 4) is 11.5 Å². The monoisotopic (exact) mass is 566 g/mol. The van der Waals surface area contributed by atoms with Crippen molar-refractivity contribution in [3.05, 3.63) is 84.4 Å². The fourth-order valence-corrected chi connectivity index (χ4v) is 5.35. The van der Waals surface area contributed by atoms with Crippen LogP contribution in [-0.4, -0.2) is 41.1 Å². The van der Waals surface area contributed by atoms with E-state index >= 15 is 0 Å². The predicted molar refractivity (Wildman–Crippen MR) is 146 cm³/mol. The maximum absolute atomic E-state index is 13.0. The van der Waals surface area contributed by atoms with E-state index in [1.54, 1.807) is 36.4 Å². The number of carbonyl (C=O) groups excluding carboxylic acids is 4. The Morgan fingerprint density at radius 3 is 2.08 bits per heavy atom. The minimum Gasteiger partial charge on any atom is -0.457 e. The number of hydrogen-bond acceptors (Lipinski definition) is 6. The number of alkyl halides is 2. The quantitative estimate of drug-likeness (QED) is 0.234. The molecule has 0 unspecified atom stereocenters. The Kier molecular flexibility index (Phi) is 7.86. The third-order valence-corrected chi connectivity index (χ3v) is 7.80. The number of ether oxygens (including phenoxy) is 2. The van der Waals surface area contributed by atoms with Crippen molar-refractivity contribution in [2.24, 2.45) is 11.8 Å². The lowest BCUT2D eigenvalue weighted by Gasteiger charge is -2.28. The van der Waals surface area contributed by atoms with Gasteiger partial charge in [-0.1, -0.05) is 24.3 Å². The largest absolute Gasteiger partial charge is 0.457 e. The van der Waals surface area contributed by atoms with Gasteiger partial charge >= 0.3 is 5.97 Å². The van der Waals surface area contributed by atoms with Gasteiger partial charge in [0.1, 0.15) is 11.5 Å². The molecule has 3 aromatic rings. The molecule has 200 valence electrons. The molecule has 1 heterocycles. The van der Waals surface area contributed by atoms with E-state index in [4.69, 9.17) is 32.7 Å². The molecule has 1 saturated heterocycles. The van der Waals surface area contributed by atoms with Gasteiger partial charge in [0.05, 0.1) is 33.8 Å². The summed E-state index contributed by atoms with van der Waals surface area (Å²) < 4.78 is 10.9. The zero-order chi connectivity index (χ0) is 27.5. The van der Waals surface area contributed by atoms with Gasteiger partial charge in [-0.25, -0.2) is 4.79 Å². The minimum absolute atomic E-state index is 0.101. The summed E-state index contributed by atoms with van der Waals surface area (Å²) in [7, 11) is 0. The molecule has 8 nitrogen and oxygen atoms in total. The first-order chi connectivity index (χ1) is 18.8. The number of anilines is 2. The molecule has 1 saturated carbocycles. The highest BCUT2D eigenvalue weighted by Gasteiger charge is 2.52. The maximum Gasteiger partial charge on any atom is 0.338 e. The molecule has 4 atom stereocenters. The van der Waals surface area contributed by atoms with Gasteiger partial charge < -0.3 is 14.8 Å². The number of imide groups is 1. The van der Waals surface area contributed by atoms with E-state index in [9.17, 15) is 19.2 Å². The highest BCUT2D eigenvalue weighted by molar-refractivity contribution is 6.31. The third-order valence-electron chi connectivity index (χ3n) is 6.70. The van der Waals surface area contributed by atoms with Gasteiger partial charge in [-0.15, -0.1) is 23.2 Å². The van der Waals surface area contributed by atoms with Crippen LogP contribution in [0, 0.1) is 11.8 Å². The van der Waals surface area contributed by atoms with Gasteiger partial charge in [0.15, 0.2) is 6.61 Å². The highest BCUT2D eigenvalue weighted by Crippen LogP contribution is 2.43. The molecule has 0 radical (unpaired) electrons. The van der Waals surface area contributed by atoms with Gasteiger partial charge in [-0.2, -0.15) is 0 Å². The van der Waals surface area contributed by atoms with E-state index in [1.165, 1.54) is 12.1 Å². The maximum atomic E-state index is 13.0. The molecule has 3 amide bonds. The summed E-state index contributed by atoms with van der Waals surface area (Å²) in [5.74, 6) is -1.79. The summed E-state index contributed by atoms with van der Waals surface area (Å²) in [4.78, 5) is 52.1. The number of hydrogen-bond donors (Lipinski definition) is 1. The number of carbonyl (C=O) groups is 4. The highest BCUT2D eigenvalue weighted by atomic mass is 35.5. The molecule has 1 aliphatic carbocycles. The molecule has 1 N–H and O–H groups in total. The lowest BCUT2D eigenvalue weighted by molar-refractivity contribution is -0.122. The number of benzene rings is 3. The lowest BCUT2D eigenvalue weighted by atomic mass is 9.80. The Hall–Kier alpha value is -3.88. The second kappa shape index (κ2) is 11.5. The second-order valence-corrected chi connectivity index (χ2v) is 10.5. The van der Waals surface area contributed by atoms with Crippen LogP contribution in [0.2, 0.25) is 0 Å². The molecule has 0 bridgehead atoms. The smallest absolute Gasteiger partial charge is 0.338 e. The number of fused-ring (bicyclic) bond motifs is 1. The number of nitrogens with one attached hydrogen (secondary N) is 1. The molecule has 0 aromatic heterocycles. The number of amides is 3. The van der Waals surface area contributed by atoms with E-state index in [-0.39, 0.29) is 23.1 Å². The standard InChI is InChI=1S/C29H24Cl2N2O6/c30-24-14-22-23(15-25(24)31)28(36)33(27(22)35)19-6-4-5-17(13-19)29(37)38-16-26(34)32-18-9-11-21(12-10-18)39-20-7-2-1-3-8-20/h1-13,22-25H,14-16H2,(H,32,34)/t22-,23+,24+,25-. The van der Waals surface area contributed by atoms with Crippen molar-refractivity contribution in [2.75, 3.05) is 16.8 Å². The molecule has 5 rings (SSSR count). The Morgan fingerprint density at radius 2 is 1.44 bits per heavy atom. The van der Waals surface area contributed by atoms with Crippen LogP contribution in [0.25, 0.3) is 0 Å². The van der Waals surface area contributed by atoms with E-state index in [1.807, 2.05) is 30.3 Å². The summed E-state index contributed by atoms with van der Waals surface area (Å²) >= 11 is 12.5. The summed E-state index contributed by atoms with van der Waals surface area (Å²) in [6.45, 7) is -0.523. The summed E-state index contributed by atoms with van der Waals surface area (Å²) in [5.41, 5.74) is 0.862. The van der Waals surface area contributed by atoms with Gasteiger partial charge in [-0.3, -0.25) is 19.3 Å². The number of rotatable bonds is 7. The molecular weight excluding hydrogens is 543 g/mol. The second-order valence-electron chi connectivity index (χ2n) is 9.34. The van der Waals surface area contributed by atoms with Crippen molar-refractivity contribution in [1.82, 2.24) is 0 Å². The van der Waals surface area contributed by atoms with Gasteiger partial charge in [0.2, 0.25) is 11.8 Å². The normalized spacial score (nSPS) is 22.3. The van der Waals surface area contributed by atoms with Crippen LogP contribution >= 0.6 is 23.2 Å². The predicted octanol–water partition coefficient (Wildman–Crippen LogP) is 5.39. The number of para-hydroxylation sites is 1. The van der Waals surface area contributed by atoms with Crippen LogP contribution in [0.4, 0.5) is 11.4 Å². The minimum atomic E-state index is -0.767. The van der Waals surface area contributed by atoms with Crippen LogP contribution < -0.4 is 15.0 Å². The average molecular weight is 567 g/mol. The van der Waals surface area contributed by atoms with Gasteiger partial charge in [0.25, 0.3) is 5.91 Å². The summed E-state index contributed by atoms with van der Waals surface area (Å²) in [6, 6.07) is 22.0. The van der Waals surface area contributed by atoms with E-state index < -0.39 is 41.1 Å². The van der Waals surface area contributed by atoms with Crippen molar-refractivity contribution in [3.63, 3.8) is 0 Å². The topological polar surface area (TPSA) is 102 Å². The zero-order valence-electron chi connectivity index (χ0n) is 20.6. The Labute approximate surface area is 234 Å². The molecule has 3 aromatic carbocycles. The fourth-order valence-electron chi connectivity index (χ4n) is 4.76.